The van der Waals surface area contributed by atoms with Crippen molar-refractivity contribution in [2.45, 2.75) is 44.6 Å². The number of aromatic hydroxyl groups is 1. The highest BCUT2D eigenvalue weighted by molar-refractivity contribution is 5.94. The van der Waals surface area contributed by atoms with E-state index in [0.29, 0.717) is 18.2 Å². The lowest BCUT2D eigenvalue weighted by Gasteiger charge is -2.13. The van der Waals surface area contributed by atoms with Gasteiger partial charge in [0.15, 0.2) is 0 Å². The Morgan fingerprint density at radius 2 is 1.88 bits per heavy atom. The van der Waals surface area contributed by atoms with E-state index in [2.05, 4.69) is 5.32 Å². The third-order valence-corrected chi connectivity index (χ3v) is 4.57. The molecule has 0 aliphatic heterocycles. The van der Waals surface area contributed by atoms with Gasteiger partial charge in [-0.1, -0.05) is 18.2 Å². The molecule has 0 heterocycles. The Kier molecular flexibility index (Phi) is 5.94. The highest BCUT2D eigenvalue weighted by Gasteiger charge is 2.17. The van der Waals surface area contributed by atoms with Gasteiger partial charge in [-0.25, -0.2) is 0 Å². The summed E-state index contributed by atoms with van der Waals surface area (Å²) in [4.78, 5) is 12.3. The van der Waals surface area contributed by atoms with Crippen molar-refractivity contribution < 1.29 is 14.6 Å². The van der Waals surface area contributed by atoms with Gasteiger partial charge < -0.3 is 15.2 Å². The van der Waals surface area contributed by atoms with E-state index in [1.54, 1.807) is 12.1 Å². The van der Waals surface area contributed by atoms with E-state index in [1.807, 2.05) is 36.4 Å². The fraction of sp³-hybridized carbons (Fsp3) is 0.381. The van der Waals surface area contributed by atoms with Crippen molar-refractivity contribution in [3.05, 3.63) is 59.7 Å². The number of carbonyl (C=O) groups is 1. The Morgan fingerprint density at radius 3 is 2.64 bits per heavy atom. The minimum Gasteiger partial charge on any atom is -0.508 e. The van der Waals surface area contributed by atoms with Crippen molar-refractivity contribution in [3.63, 3.8) is 0 Å². The highest BCUT2D eigenvalue weighted by Crippen LogP contribution is 2.24. The molecule has 0 bridgehead atoms. The van der Waals surface area contributed by atoms with Crippen LogP contribution in [-0.2, 0) is 6.42 Å². The lowest BCUT2D eigenvalue weighted by Crippen LogP contribution is -2.24. The van der Waals surface area contributed by atoms with Crippen LogP contribution in [0.4, 0.5) is 0 Å². The van der Waals surface area contributed by atoms with Crippen LogP contribution in [-0.4, -0.2) is 23.7 Å². The molecule has 0 atom stereocenters. The zero-order chi connectivity index (χ0) is 17.5. The highest BCUT2D eigenvalue weighted by atomic mass is 16.5. The van der Waals surface area contributed by atoms with E-state index in [9.17, 15) is 9.90 Å². The number of nitrogens with one attached hydrogen (secondary N) is 1. The number of hydrogen-bond donors (Lipinski definition) is 2. The van der Waals surface area contributed by atoms with Crippen molar-refractivity contribution in [1.29, 1.82) is 0 Å². The van der Waals surface area contributed by atoms with Crippen molar-refractivity contribution >= 4 is 5.91 Å². The summed E-state index contributed by atoms with van der Waals surface area (Å²) in [7, 11) is 0. The van der Waals surface area contributed by atoms with Crippen molar-refractivity contribution in [1.82, 2.24) is 5.32 Å². The zero-order valence-corrected chi connectivity index (χ0v) is 14.4. The maximum Gasteiger partial charge on any atom is 0.251 e. The molecule has 2 N–H and O–H groups in total. The van der Waals surface area contributed by atoms with Crippen LogP contribution < -0.4 is 10.1 Å². The Hall–Kier alpha value is -2.49. The quantitative estimate of drug-likeness (QED) is 0.748. The fourth-order valence-electron chi connectivity index (χ4n) is 3.17. The molecule has 4 nitrogen and oxygen atoms in total. The van der Waals surface area contributed by atoms with E-state index in [1.165, 1.54) is 12.8 Å². The summed E-state index contributed by atoms with van der Waals surface area (Å²) in [5, 5.41) is 12.2. The van der Waals surface area contributed by atoms with Gasteiger partial charge in [-0.15, -0.1) is 0 Å². The first-order valence-electron chi connectivity index (χ1n) is 9.03. The number of carbonyl (C=O) groups excluding carboxylic acids is 1. The van der Waals surface area contributed by atoms with Gasteiger partial charge in [0.1, 0.15) is 11.5 Å². The lowest BCUT2D eigenvalue weighted by molar-refractivity contribution is 0.0952. The van der Waals surface area contributed by atoms with E-state index in [-0.39, 0.29) is 11.7 Å². The first-order chi connectivity index (χ1) is 12.2. The van der Waals surface area contributed by atoms with Gasteiger partial charge in [-0.05, 0) is 74.4 Å². The number of rotatable bonds is 7. The molecule has 0 spiro atoms. The molecule has 3 rings (SSSR count). The fourth-order valence-corrected chi connectivity index (χ4v) is 3.17. The number of aryl methyl sites for hydroxylation is 1. The number of hydrogen-bond acceptors (Lipinski definition) is 3. The van der Waals surface area contributed by atoms with Crippen LogP contribution in [0.15, 0.2) is 48.5 Å². The second-order valence-corrected chi connectivity index (χ2v) is 6.58. The summed E-state index contributed by atoms with van der Waals surface area (Å²) in [5.74, 6) is 0.989. The average molecular weight is 339 g/mol. The Balaban J connectivity index is 1.45. The molecule has 4 heteroatoms. The third-order valence-electron chi connectivity index (χ3n) is 4.57. The van der Waals surface area contributed by atoms with Gasteiger partial charge >= 0.3 is 0 Å². The van der Waals surface area contributed by atoms with Crippen LogP contribution in [0, 0.1) is 0 Å². The Bertz CT molecular complexity index is 691. The summed E-state index contributed by atoms with van der Waals surface area (Å²) < 4.78 is 5.96. The molecule has 1 saturated carbocycles. The van der Waals surface area contributed by atoms with Crippen LogP contribution >= 0.6 is 0 Å². The molecule has 0 aromatic heterocycles. The molecule has 1 fully saturated rings. The van der Waals surface area contributed by atoms with E-state index in [4.69, 9.17) is 4.74 Å². The van der Waals surface area contributed by atoms with Crippen LogP contribution in [0.2, 0.25) is 0 Å². The van der Waals surface area contributed by atoms with Crippen LogP contribution in [0.5, 0.6) is 11.5 Å². The normalized spacial score (nSPS) is 14.4. The summed E-state index contributed by atoms with van der Waals surface area (Å²) in [5.41, 5.74) is 1.79. The standard InChI is InChI=1S/C21H25NO3/c23-18-12-10-16(11-13-18)5-4-14-22-21(24)17-6-3-9-20(15-17)25-19-7-1-2-8-19/h3,6,9-13,15,19,23H,1-2,4-5,7-8,14H2,(H,22,24). The minimum atomic E-state index is -0.0671. The van der Waals surface area contributed by atoms with Crippen LogP contribution in [0.1, 0.15) is 48.0 Å². The molecule has 25 heavy (non-hydrogen) atoms. The average Bonchev–Trinajstić information content (AvgIpc) is 3.13. The molecule has 132 valence electrons. The summed E-state index contributed by atoms with van der Waals surface area (Å²) in [6.45, 7) is 0.618. The predicted octanol–water partition coefficient (Wildman–Crippen LogP) is 4.08. The second kappa shape index (κ2) is 8.56. The third kappa shape index (κ3) is 5.24. The Morgan fingerprint density at radius 1 is 1.12 bits per heavy atom. The monoisotopic (exact) mass is 339 g/mol. The summed E-state index contributed by atoms with van der Waals surface area (Å²) in [6, 6.07) is 14.6. The van der Waals surface area contributed by atoms with Gasteiger partial charge in [0.25, 0.3) is 5.91 Å². The Labute approximate surface area is 148 Å². The molecule has 2 aromatic rings. The second-order valence-electron chi connectivity index (χ2n) is 6.58. The number of benzene rings is 2. The van der Waals surface area contributed by atoms with Gasteiger partial charge in [-0.2, -0.15) is 0 Å². The predicted molar refractivity (Wildman–Crippen MR) is 98.1 cm³/mol. The number of phenols is 1. The van der Waals surface area contributed by atoms with Gasteiger partial charge in [-0.3, -0.25) is 4.79 Å². The van der Waals surface area contributed by atoms with Gasteiger partial charge in [0, 0.05) is 12.1 Å². The maximum absolute atomic E-state index is 12.3. The largest absolute Gasteiger partial charge is 0.508 e. The molecule has 0 saturated heterocycles. The van der Waals surface area contributed by atoms with Crippen LogP contribution in [0.3, 0.4) is 0 Å². The van der Waals surface area contributed by atoms with E-state index < -0.39 is 0 Å². The van der Waals surface area contributed by atoms with E-state index in [0.717, 1.165) is 37.0 Å². The summed E-state index contributed by atoms with van der Waals surface area (Å²) >= 11 is 0. The van der Waals surface area contributed by atoms with Crippen molar-refractivity contribution in [2.75, 3.05) is 6.54 Å². The minimum absolute atomic E-state index is 0.0671. The number of phenolic OH excluding ortho intramolecular Hbond substituents is 1. The molecule has 1 amide bonds. The first kappa shape index (κ1) is 17.3. The molecule has 0 radical (unpaired) electrons. The van der Waals surface area contributed by atoms with Crippen molar-refractivity contribution in [2.24, 2.45) is 0 Å². The topological polar surface area (TPSA) is 58.6 Å². The molecule has 1 aliphatic carbocycles. The molecule has 2 aromatic carbocycles. The number of ether oxygens (including phenoxy) is 1. The maximum atomic E-state index is 12.3. The number of amides is 1. The first-order valence-corrected chi connectivity index (χ1v) is 9.03. The molecular formula is C21H25NO3. The van der Waals surface area contributed by atoms with E-state index >= 15 is 0 Å². The summed E-state index contributed by atoms with van der Waals surface area (Å²) in [6.07, 6.45) is 6.68. The zero-order valence-electron chi connectivity index (χ0n) is 14.4. The van der Waals surface area contributed by atoms with Gasteiger partial charge in [0.2, 0.25) is 0 Å². The molecule has 1 aliphatic rings. The molecule has 0 unspecified atom stereocenters. The lowest BCUT2D eigenvalue weighted by atomic mass is 10.1. The smallest absolute Gasteiger partial charge is 0.251 e. The van der Waals surface area contributed by atoms with Gasteiger partial charge in [0.05, 0.1) is 6.10 Å². The SMILES string of the molecule is O=C(NCCCc1ccc(O)cc1)c1cccc(OC2CCCC2)c1. The van der Waals surface area contributed by atoms with Crippen molar-refractivity contribution in [3.8, 4) is 11.5 Å². The van der Waals surface area contributed by atoms with Crippen LogP contribution in [0.25, 0.3) is 0 Å². The molecular weight excluding hydrogens is 314 g/mol.